The van der Waals surface area contributed by atoms with Gasteiger partial charge in [-0.15, -0.1) is 0 Å². The standard InChI is InChI=1S/2HIO3.Mg/c2*2-1(3)4;/h2*2H;. The SMILES string of the molecule is [Mg].[O-][I+2]([O-])O.[O-][I+2]([O-])O. The largest absolute Gasteiger partial charge is 0.503 e. The minimum atomic E-state index is -3.76. The number of hydrogen-bond acceptors (Lipinski definition) is 6. The van der Waals surface area contributed by atoms with Gasteiger partial charge in [0.25, 0.3) is 0 Å². The average Bonchev–Trinajstić information content (AvgIpc) is 1.25. The van der Waals surface area contributed by atoms with Crippen molar-refractivity contribution in [2.24, 2.45) is 0 Å². The third-order valence-electron chi connectivity index (χ3n) is 0. The molecule has 0 fully saturated rings. The highest BCUT2D eigenvalue weighted by Crippen LogP contribution is 0.254. The maximum Gasteiger partial charge on any atom is 0.503 e. The maximum absolute atomic E-state index is 8.68. The Bertz CT molecular complexity index is 26.5. The summed E-state index contributed by atoms with van der Waals surface area (Å²) >= 11 is -7.53. The second-order valence-electron chi connectivity index (χ2n) is 0.402. The molecule has 2 N–H and O–H groups in total. The van der Waals surface area contributed by atoms with Crippen molar-refractivity contribution in [2.75, 3.05) is 0 Å². The lowest BCUT2D eigenvalue weighted by atomic mass is 16.0. The minimum Gasteiger partial charge on any atom is -0.396 e. The van der Waals surface area contributed by atoms with Gasteiger partial charge in [0.15, 0.2) is 0 Å². The lowest BCUT2D eigenvalue weighted by Gasteiger charge is -1.67. The van der Waals surface area contributed by atoms with E-state index >= 15 is 0 Å². The van der Waals surface area contributed by atoms with Crippen LogP contribution in [0.4, 0.5) is 0 Å². The van der Waals surface area contributed by atoms with Crippen LogP contribution in [0.2, 0.25) is 0 Å². The molecule has 0 aliphatic carbocycles. The molecule has 0 aromatic carbocycles. The van der Waals surface area contributed by atoms with Crippen LogP contribution in [0.15, 0.2) is 0 Å². The van der Waals surface area contributed by atoms with E-state index in [2.05, 4.69) is 0 Å². The Balaban J connectivity index is -0.0000000720. The second kappa shape index (κ2) is 12.6. The molecule has 0 unspecified atom stereocenters. The van der Waals surface area contributed by atoms with Crippen LogP contribution in [-0.2, 0) is 0 Å². The van der Waals surface area contributed by atoms with Gasteiger partial charge in [0, 0.05) is 23.1 Å². The molecule has 6 nitrogen and oxygen atoms in total. The highest BCUT2D eigenvalue weighted by Gasteiger charge is 1.90. The van der Waals surface area contributed by atoms with Gasteiger partial charge in [0.2, 0.25) is 0 Å². The van der Waals surface area contributed by atoms with E-state index in [4.69, 9.17) is 20.6 Å². The Morgan fingerprint density at radius 2 is 0.778 bits per heavy atom. The Morgan fingerprint density at radius 3 is 0.778 bits per heavy atom. The van der Waals surface area contributed by atoms with Gasteiger partial charge in [-0.05, 0) is 6.87 Å². The van der Waals surface area contributed by atoms with Gasteiger partial charge in [-0.25, -0.2) is 0 Å². The molecular weight excluding hydrogens is 374 g/mol. The molecule has 9 heavy (non-hydrogen) atoms. The lowest BCUT2D eigenvalue weighted by molar-refractivity contribution is -1.63. The summed E-state index contributed by atoms with van der Waals surface area (Å²) < 4.78 is 48.9. The summed E-state index contributed by atoms with van der Waals surface area (Å²) in [4.78, 5) is 0. The molecular formula is H2I2MgO6. The summed E-state index contributed by atoms with van der Waals surface area (Å²) in [7, 11) is 0. The van der Waals surface area contributed by atoms with E-state index < -0.39 is 42.1 Å². The molecule has 0 spiro atoms. The Labute approximate surface area is 84.7 Å². The van der Waals surface area contributed by atoms with Crippen molar-refractivity contribution in [1.82, 2.24) is 0 Å². The fourth-order valence-electron chi connectivity index (χ4n) is 0. The summed E-state index contributed by atoms with van der Waals surface area (Å²) in [6, 6.07) is 0. The predicted molar refractivity (Wildman–Crippen MR) is 10.2 cm³/mol. The molecule has 0 rings (SSSR count). The van der Waals surface area contributed by atoms with Crippen LogP contribution in [0.1, 0.15) is 0 Å². The minimum absolute atomic E-state index is 0. The van der Waals surface area contributed by atoms with Crippen LogP contribution in [-0.4, -0.2) is 29.9 Å². The van der Waals surface area contributed by atoms with Crippen LogP contribution < -0.4 is 55.9 Å². The van der Waals surface area contributed by atoms with E-state index in [9.17, 15) is 0 Å². The maximum atomic E-state index is 8.68. The third-order valence-corrected chi connectivity index (χ3v) is 0. The first-order chi connectivity index (χ1) is 3.46. The zero-order chi connectivity index (χ0) is 7.15. The van der Waals surface area contributed by atoms with Crippen molar-refractivity contribution in [3.63, 3.8) is 0 Å². The Kier molecular flexibility index (Phi) is 24.1. The molecule has 0 aromatic heterocycles. The van der Waals surface area contributed by atoms with E-state index in [0.717, 1.165) is 0 Å². The molecule has 0 aliphatic rings. The first kappa shape index (κ1) is 17.2. The first-order valence-electron chi connectivity index (χ1n) is 0.955. The van der Waals surface area contributed by atoms with Crippen molar-refractivity contribution in [2.45, 2.75) is 0 Å². The Morgan fingerprint density at radius 1 is 0.778 bits per heavy atom. The molecule has 0 heterocycles. The topological polar surface area (TPSA) is 133 Å². The smallest absolute Gasteiger partial charge is 0.396 e. The highest BCUT2D eigenvalue weighted by atomic mass is 127. The third kappa shape index (κ3) is 161. The number of halogens is 2. The van der Waals surface area contributed by atoms with Crippen molar-refractivity contribution in [1.29, 1.82) is 0 Å². The average molecular weight is 376 g/mol. The van der Waals surface area contributed by atoms with E-state index in [1.165, 1.54) is 0 Å². The van der Waals surface area contributed by atoms with E-state index in [1.807, 2.05) is 0 Å². The van der Waals surface area contributed by atoms with Gasteiger partial charge in [-0.1, -0.05) is 0 Å². The molecule has 9 heteroatoms. The van der Waals surface area contributed by atoms with Crippen LogP contribution >= 0.6 is 0 Å². The van der Waals surface area contributed by atoms with Gasteiger partial charge in [-0.3, -0.25) is 0 Å². The Hall–Kier alpha value is 1.99. The van der Waals surface area contributed by atoms with Crippen LogP contribution in [0.3, 0.4) is 0 Å². The summed E-state index contributed by atoms with van der Waals surface area (Å²) in [6.07, 6.45) is 0. The van der Waals surface area contributed by atoms with Gasteiger partial charge < -0.3 is 13.7 Å². The van der Waals surface area contributed by atoms with Crippen LogP contribution in [0, 0.1) is 0 Å². The zero-order valence-corrected chi connectivity index (χ0v) is 9.72. The van der Waals surface area contributed by atoms with Crippen molar-refractivity contribution in [3.8, 4) is 0 Å². The monoisotopic (exact) mass is 376 g/mol. The highest BCUT2D eigenvalue weighted by molar-refractivity contribution is 5.75. The first-order valence-corrected chi connectivity index (χ1v) is 6.41. The normalized spacial score (nSPS) is 8.00. The molecule has 0 saturated carbocycles. The van der Waals surface area contributed by atoms with Gasteiger partial charge in [0.1, 0.15) is 0 Å². The summed E-state index contributed by atoms with van der Waals surface area (Å²) in [5.41, 5.74) is 0. The molecule has 2 radical (unpaired) electrons. The van der Waals surface area contributed by atoms with Crippen molar-refractivity contribution in [3.05, 3.63) is 0 Å². The molecule has 0 saturated heterocycles. The molecule has 0 atom stereocenters. The molecule has 0 aliphatic heterocycles. The fraction of sp³-hybridized carbons (Fsp3) is 0. The van der Waals surface area contributed by atoms with E-state index in [0.29, 0.717) is 0 Å². The van der Waals surface area contributed by atoms with Crippen molar-refractivity contribution >= 4 is 23.1 Å². The van der Waals surface area contributed by atoms with E-state index in [1.54, 1.807) is 0 Å². The number of hydrogen-bond donors (Lipinski definition) is 2. The quantitative estimate of drug-likeness (QED) is 0.319. The van der Waals surface area contributed by atoms with E-state index in [-0.39, 0.29) is 23.1 Å². The molecule has 0 amide bonds. The molecule has 0 aromatic rings. The second-order valence-corrected chi connectivity index (χ2v) is 2.70. The molecule has 54 valence electrons. The van der Waals surface area contributed by atoms with Crippen molar-refractivity contribution < 1.29 is 62.7 Å². The predicted octanol–water partition coefficient (Wildman–Crippen LogP) is -12.2. The van der Waals surface area contributed by atoms with Gasteiger partial charge >= 0.3 is 42.1 Å². The summed E-state index contributed by atoms with van der Waals surface area (Å²) in [5.74, 6) is 0. The van der Waals surface area contributed by atoms with Gasteiger partial charge in [0.05, 0.1) is 0 Å². The summed E-state index contributed by atoms with van der Waals surface area (Å²) in [6.45, 7) is 0. The fourth-order valence-corrected chi connectivity index (χ4v) is 0. The zero-order valence-electron chi connectivity index (χ0n) is 3.99. The van der Waals surface area contributed by atoms with Gasteiger partial charge in [-0.2, -0.15) is 0 Å². The van der Waals surface area contributed by atoms with Crippen LogP contribution in [0.5, 0.6) is 0 Å². The van der Waals surface area contributed by atoms with Crippen LogP contribution in [0.25, 0.3) is 0 Å². The number of rotatable bonds is 0. The molecule has 0 bridgehead atoms. The summed E-state index contributed by atoms with van der Waals surface area (Å²) in [5, 5.41) is 0. The lowest BCUT2D eigenvalue weighted by Crippen LogP contribution is -3.98.